The maximum Gasteiger partial charge on any atom is 0.315 e. The molecule has 0 N–H and O–H groups in total. The first kappa shape index (κ1) is 25.3. The summed E-state index contributed by atoms with van der Waals surface area (Å²) in [6.07, 6.45) is 4.36. The van der Waals surface area contributed by atoms with Crippen molar-refractivity contribution in [3.63, 3.8) is 0 Å². The Morgan fingerprint density at radius 3 is 2.55 bits per heavy atom. The average Bonchev–Trinajstić information content (AvgIpc) is 3.34. The van der Waals surface area contributed by atoms with Crippen LogP contribution in [0.1, 0.15) is 40.7 Å². The van der Waals surface area contributed by atoms with Gasteiger partial charge in [0.2, 0.25) is 5.75 Å². The van der Waals surface area contributed by atoms with Crippen molar-refractivity contribution in [1.82, 2.24) is 4.90 Å². The maximum absolute atomic E-state index is 12.9. The van der Waals surface area contributed by atoms with Gasteiger partial charge in [-0.15, -0.1) is 0 Å². The number of rotatable bonds is 9. The number of fused-ring (bicyclic) bond motifs is 2. The number of aliphatic imine (C=N–C) groups is 1. The molecule has 9 heteroatoms. The normalized spacial score (nSPS) is 16.0. The number of carbonyl (C=O) groups is 1. The third kappa shape index (κ3) is 5.46. The fraction of sp³-hybridized carbons (Fsp3) is 0.310. The largest absolute Gasteiger partial charge is 0.493 e. The predicted octanol–water partition coefficient (Wildman–Crippen LogP) is 6.17. The Bertz CT molecular complexity index is 1390. The number of hydrogen-bond donors (Lipinski definition) is 0. The molecule has 196 valence electrons. The predicted molar refractivity (Wildman–Crippen MR) is 143 cm³/mol. The molecule has 0 aliphatic carbocycles. The van der Waals surface area contributed by atoms with Crippen molar-refractivity contribution in [1.29, 1.82) is 0 Å². The molecule has 9 nitrogen and oxygen atoms in total. The average molecular weight is 516 g/mol. The van der Waals surface area contributed by atoms with Crippen LogP contribution in [0.15, 0.2) is 59.6 Å². The highest BCUT2D eigenvalue weighted by Crippen LogP contribution is 2.35. The van der Waals surface area contributed by atoms with Gasteiger partial charge in [-0.2, -0.15) is 0 Å². The van der Waals surface area contributed by atoms with Gasteiger partial charge in [-0.3, -0.25) is 19.9 Å². The molecule has 0 bridgehead atoms. The van der Waals surface area contributed by atoms with Gasteiger partial charge in [0.25, 0.3) is 5.91 Å². The second-order valence-electron chi connectivity index (χ2n) is 9.47. The molecular weight excluding hydrogens is 486 g/mol. The Kier molecular flexibility index (Phi) is 7.26. The van der Waals surface area contributed by atoms with E-state index < -0.39 is 4.92 Å². The van der Waals surface area contributed by atoms with Crippen LogP contribution in [0.2, 0.25) is 0 Å². The van der Waals surface area contributed by atoms with Crippen molar-refractivity contribution >= 4 is 23.5 Å². The summed E-state index contributed by atoms with van der Waals surface area (Å²) >= 11 is 0. The molecule has 3 aromatic rings. The third-order valence-corrected chi connectivity index (χ3v) is 6.66. The summed E-state index contributed by atoms with van der Waals surface area (Å²) in [6, 6.07) is 15.6. The number of carbonyl (C=O) groups excluding carboxylic acids is 1. The molecule has 0 radical (unpaired) electrons. The molecule has 38 heavy (non-hydrogen) atoms. The van der Waals surface area contributed by atoms with Crippen LogP contribution in [0.25, 0.3) is 0 Å². The number of benzene rings is 3. The first-order chi connectivity index (χ1) is 18.4. The highest BCUT2D eigenvalue weighted by Gasteiger charge is 2.32. The standard InChI is InChI=1S/C29H29N3O6/c1-19-6-8-22(9-7-19)38-27-11-10-23(16-26(27)32(34)35)36-13-4-14-37-28-17-25-24(15-20(28)2)29(33)31-12-3-5-21(31)18-30-25/h6-11,15-18,21H,3-5,12-14H2,1-2H3/t21-/m0/s1. The highest BCUT2D eigenvalue weighted by atomic mass is 16.6. The van der Waals surface area contributed by atoms with E-state index in [0.717, 1.165) is 30.5 Å². The van der Waals surface area contributed by atoms with E-state index in [0.29, 0.717) is 48.1 Å². The van der Waals surface area contributed by atoms with Gasteiger partial charge < -0.3 is 19.1 Å². The van der Waals surface area contributed by atoms with Crippen molar-refractivity contribution in [2.45, 2.75) is 39.2 Å². The lowest BCUT2D eigenvalue weighted by atomic mass is 10.1. The Labute approximate surface area is 220 Å². The maximum atomic E-state index is 12.9. The molecule has 5 rings (SSSR count). The smallest absolute Gasteiger partial charge is 0.315 e. The molecule has 2 heterocycles. The first-order valence-corrected chi connectivity index (χ1v) is 12.7. The zero-order chi connectivity index (χ0) is 26.6. The Hall–Kier alpha value is -4.40. The summed E-state index contributed by atoms with van der Waals surface area (Å²) in [5, 5.41) is 11.6. The second kappa shape index (κ2) is 10.9. The molecule has 1 amide bonds. The van der Waals surface area contributed by atoms with Crippen LogP contribution in [0.5, 0.6) is 23.0 Å². The number of hydrogen-bond acceptors (Lipinski definition) is 7. The molecule has 0 spiro atoms. The van der Waals surface area contributed by atoms with Gasteiger partial charge >= 0.3 is 5.69 Å². The number of amides is 1. The molecule has 1 atom stereocenters. The van der Waals surface area contributed by atoms with Gasteiger partial charge in [-0.05, 0) is 62.6 Å². The van der Waals surface area contributed by atoms with Crippen LogP contribution in [-0.2, 0) is 0 Å². The Morgan fingerprint density at radius 2 is 1.76 bits per heavy atom. The molecule has 2 aliphatic heterocycles. The molecular formula is C29H29N3O6. The molecule has 1 fully saturated rings. The van der Waals surface area contributed by atoms with Crippen molar-refractivity contribution < 1.29 is 23.9 Å². The van der Waals surface area contributed by atoms with Gasteiger partial charge in [0.05, 0.1) is 41.5 Å². The van der Waals surface area contributed by atoms with Crippen LogP contribution in [0.3, 0.4) is 0 Å². The molecule has 0 unspecified atom stereocenters. The zero-order valence-electron chi connectivity index (χ0n) is 21.4. The Balaban J connectivity index is 1.17. The topological polar surface area (TPSA) is 104 Å². The van der Waals surface area contributed by atoms with Crippen LogP contribution in [0, 0.1) is 24.0 Å². The first-order valence-electron chi connectivity index (χ1n) is 12.7. The minimum Gasteiger partial charge on any atom is -0.493 e. The number of aryl methyl sites for hydroxylation is 2. The van der Waals surface area contributed by atoms with E-state index in [1.165, 1.54) is 12.1 Å². The van der Waals surface area contributed by atoms with Gasteiger partial charge in [0.1, 0.15) is 17.2 Å². The van der Waals surface area contributed by atoms with E-state index in [4.69, 9.17) is 14.2 Å². The fourth-order valence-corrected chi connectivity index (χ4v) is 4.61. The van der Waals surface area contributed by atoms with Crippen molar-refractivity contribution in [3.05, 3.63) is 81.4 Å². The van der Waals surface area contributed by atoms with E-state index >= 15 is 0 Å². The van der Waals surface area contributed by atoms with E-state index in [1.807, 2.05) is 49.2 Å². The summed E-state index contributed by atoms with van der Waals surface area (Å²) in [7, 11) is 0. The van der Waals surface area contributed by atoms with Crippen molar-refractivity contribution in [3.8, 4) is 23.0 Å². The molecule has 1 saturated heterocycles. The summed E-state index contributed by atoms with van der Waals surface area (Å²) in [5.74, 6) is 1.74. The highest BCUT2D eigenvalue weighted by molar-refractivity contribution is 6.03. The van der Waals surface area contributed by atoms with Crippen LogP contribution >= 0.6 is 0 Å². The SMILES string of the molecule is Cc1ccc(Oc2ccc(OCCCOc3cc4c(cc3C)C(=O)N3CCC[C@H]3C=N4)cc2[N+](=O)[O-])cc1. The quantitative estimate of drug-likeness (QED) is 0.192. The lowest BCUT2D eigenvalue weighted by Gasteiger charge is -2.20. The number of ether oxygens (including phenoxy) is 3. The molecule has 2 aliphatic rings. The van der Waals surface area contributed by atoms with Crippen molar-refractivity contribution in [2.75, 3.05) is 19.8 Å². The monoisotopic (exact) mass is 515 g/mol. The van der Waals surface area contributed by atoms with Gasteiger partial charge in [-0.1, -0.05) is 17.7 Å². The third-order valence-electron chi connectivity index (χ3n) is 6.66. The number of nitro benzene ring substituents is 1. The van der Waals surface area contributed by atoms with Crippen LogP contribution in [-0.4, -0.2) is 47.7 Å². The van der Waals surface area contributed by atoms with E-state index in [1.54, 1.807) is 18.2 Å². The van der Waals surface area contributed by atoms with Crippen LogP contribution in [0.4, 0.5) is 11.4 Å². The van der Waals surface area contributed by atoms with Gasteiger partial charge in [-0.25, -0.2) is 0 Å². The minimum atomic E-state index is -0.488. The fourth-order valence-electron chi connectivity index (χ4n) is 4.61. The summed E-state index contributed by atoms with van der Waals surface area (Å²) in [5.41, 5.74) is 3.00. The van der Waals surface area contributed by atoms with E-state index in [2.05, 4.69) is 4.99 Å². The van der Waals surface area contributed by atoms with E-state index in [-0.39, 0.29) is 23.4 Å². The lowest BCUT2D eigenvalue weighted by molar-refractivity contribution is -0.385. The second-order valence-corrected chi connectivity index (χ2v) is 9.47. The molecule has 0 saturated carbocycles. The van der Waals surface area contributed by atoms with Crippen LogP contribution < -0.4 is 14.2 Å². The van der Waals surface area contributed by atoms with Crippen molar-refractivity contribution in [2.24, 2.45) is 4.99 Å². The summed E-state index contributed by atoms with van der Waals surface area (Å²) in [4.78, 5) is 30.5. The number of nitrogens with zero attached hydrogens (tertiary/aromatic N) is 3. The van der Waals surface area contributed by atoms with E-state index in [9.17, 15) is 14.9 Å². The van der Waals surface area contributed by atoms with Gasteiger partial charge in [0, 0.05) is 25.2 Å². The summed E-state index contributed by atoms with van der Waals surface area (Å²) in [6.45, 7) is 5.32. The molecule has 0 aromatic heterocycles. The lowest BCUT2D eigenvalue weighted by Crippen LogP contribution is -2.35. The van der Waals surface area contributed by atoms with Gasteiger partial charge in [0.15, 0.2) is 0 Å². The summed E-state index contributed by atoms with van der Waals surface area (Å²) < 4.78 is 17.4. The molecule has 3 aromatic carbocycles. The number of nitro groups is 1. The minimum absolute atomic E-state index is 0.0208. The zero-order valence-corrected chi connectivity index (χ0v) is 21.4. The Morgan fingerprint density at radius 1 is 1.00 bits per heavy atom.